The summed E-state index contributed by atoms with van der Waals surface area (Å²) in [7, 11) is 0. The molecule has 0 aliphatic rings. The molecule has 2 amide bonds. The Labute approximate surface area is 183 Å². The summed E-state index contributed by atoms with van der Waals surface area (Å²) in [6.45, 7) is 1.06. The minimum atomic E-state index is -1.19. The summed E-state index contributed by atoms with van der Waals surface area (Å²) in [6.07, 6.45) is 0.0977. The summed E-state index contributed by atoms with van der Waals surface area (Å²) >= 11 is 0. The van der Waals surface area contributed by atoms with E-state index in [0.29, 0.717) is 0 Å². The average Bonchev–Trinajstić information content (AvgIpc) is 2.76. The Morgan fingerprint density at radius 2 is 1.81 bits per heavy atom. The third-order valence-corrected chi connectivity index (χ3v) is 4.61. The zero-order valence-electron chi connectivity index (χ0n) is 17.3. The smallest absolute Gasteiger partial charge is 0.326 e. The number of rotatable bonds is 11. The van der Waals surface area contributed by atoms with Crippen LogP contribution >= 0.6 is 0 Å². The lowest BCUT2D eigenvalue weighted by molar-refractivity contribution is -0.384. The normalized spacial score (nSPS) is 12.4. The number of carbonyl (C=O) groups excluding carboxylic acids is 2. The van der Waals surface area contributed by atoms with Crippen molar-refractivity contribution in [2.45, 2.75) is 32.0 Å². The van der Waals surface area contributed by atoms with Crippen molar-refractivity contribution in [1.82, 2.24) is 16.0 Å². The van der Waals surface area contributed by atoms with E-state index in [0.717, 1.165) is 11.6 Å². The van der Waals surface area contributed by atoms with Crippen molar-refractivity contribution in [1.29, 1.82) is 0 Å². The van der Waals surface area contributed by atoms with Gasteiger partial charge in [0, 0.05) is 30.7 Å². The van der Waals surface area contributed by atoms with Gasteiger partial charge in [-0.25, -0.2) is 4.79 Å². The lowest BCUT2D eigenvalue weighted by atomic mass is 10.1. The van der Waals surface area contributed by atoms with Crippen molar-refractivity contribution in [2.75, 3.05) is 6.54 Å². The summed E-state index contributed by atoms with van der Waals surface area (Å²) < 4.78 is 0. The van der Waals surface area contributed by atoms with E-state index in [2.05, 4.69) is 16.0 Å². The van der Waals surface area contributed by atoms with Crippen LogP contribution in [0, 0.1) is 10.1 Å². The summed E-state index contributed by atoms with van der Waals surface area (Å²) in [5, 5.41) is 37.6. The van der Waals surface area contributed by atoms with Crippen LogP contribution in [0.5, 0.6) is 5.75 Å². The molecule has 2 atom stereocenters. The Bertz CT molecular complexity index is 981. The molecular formula is C21H24N4O7. The Morgan fingerprint density at radius 3 is 2.44 bits per heavy atom. The van der Waals surface area contributed by atoms with Gasteiger partial charge in [-0.05, 0) is 18.6 Å². The third-order valence-electron chi connectivity index (χ3n) is 4.61. The van der Waals surface area contributed by atoms with Crippen LogP contribution in [0.2, 0.25) is 0 Å². The topological polar surface area (TPSA) is 171 Å². The highest BCUT2D eigenvalue weighted by molar-refractivity contribution is 5.89. The van der Waals surface area contributed by atoms with E-state index in [1.807, 2.05) is 0 Å². The molecule has 11 nitrogen and oxygen atoms in total. The molecule has 2 aromatic carbocycles. The van der Waals surface area contributed by atoms with Crippen molar-refractivity contribution < 1.29 is 29.5 Å². The number of hydrogen-bond donors (Lipinski definition) is 5. The maximum absolute atomic E-state index is 12.2. The number of amides is 2. The number of nitrogens with one attached hydrogen (secondary N) is 3. The van der Waals surface area contributed by atoms with E-state index >= 15 is 0 Å². The van der Waals surface area contributed by atoms with Crippen molar-refractivity contribution in [2.24, 2.45) is 0 Å². The number of carboxylic acid groups (broad SMARTS) is 1. The summed E-state index contributed by atoms with van der Waals surface area (Å²) in [6, 6.07) is 10.4. The first-order chi connectivity index (χ1) is 15.2. The quantitative estimate of drug-likeness (QED) is 0.249. The standard InChI is InChI=1S/C21H24N4O7/c1-13(22-11-15-10-16(25(31)32)7-8-18(15)26)20(28)23-12-19(27)24-17(21(29)30)9-14-5-3-2-4-6-14/h2-8,10,13,17,22,26H,9,11-12H2,1H3,(H,23,28)(H,24,27)(H,29,30)/t13-,17-/m0/s1. The van der Waals surface area contributed by atoms with Crippen LogP contribution in [0.3, 0.4) is 0 Å². The maximum Gasteiger partial charge on any atom is 0.326 e. The van der Waals surface area contributed by atoms with Gasteiger partial charge in [0.1, 0.15) is 11.8 Å². The molecule has 170 valence electrons. The number of nitrogens with zero attached hydrogens (tertiary/aromatic N) is 1. The molecule has 0 bridgehead atoms. The van der Waals surface area contributed by atoms with Crippen LogP contribution in [0.15, 0.2) is 48.5 Å². The summed E-state index contributed by atoms with van der Waals surface area (Å²) in [5.74, 6) is -2.56. The first kappa shape index (κ1) is 24.3. The molecular weight excluding hydrogens is 420 g/mol. The van der Waals surface area contributed by atoms with E-state index in [1.54, 1.807) is 30.3 Å². The van der Waals surface area contributed by atoms with Crippen LogP contribution in [0.1, 0.15) is 18.1 Å². The largest absolute Gasteiger partial charge is 0.508 e. The molecule has 0 radical (unpaired) electrons. The number of carboxylic acids is 1. The van der Waals surface area contributed by atoms with Gasteiger partial charge in [-0.3, -0.25) is 19.7 Å². The van der Waals surface area contributed by atoms with E-state index in [9.17, 15) is 34.7 Å². The fraction of sp³-hybridized carbons (Fsp3) is 0.286. The van der Waals surface area contributed by atoms with Crippen molar-refractivity contribution in [3.8, 4) is 5.75 Å². The molecule has 11 heteroatoms. The Kier molecular flexibility index (Phi) is 8.66. The van der Waals surface area contributed by atoms with Gasteiger partial charge >= 0.3 is 5.97 Å². The molecule has 0 spiro atoms. The molecule has 0 aromatic heterocycles. The summed E-state index contributed by atoms with van der Waals surface area (Å²) in [4.78, 5) is 46.0. The summed E-state index contributed by atoms with van der Waals surface area (Å²) in [5.41, 5.74) is 0.783. The lowest BCUT2D eigenvalue weighted by Gasteiger charge is -2.17. The second-order valence-electron chi connectivity index (χ2n) is 7.04. The molecule has 0 unspecified atom stereocenters. The third kappa shape index (κ3) is 7.36. The van der Waals surface area contributed by atoms with Gasteiger partial charge in [0.2, 0.25) is 11.8 Å². The zero-order valence-corrected chi connectivity index (χ0v) is 17.3. The van der Waals surface area contributed by atoms with Crippen molar-refractivity contribution in [3.05, 3.63) is 69.8 Å². The highest BCUT2D eigenvalue weighted by Gasteiger charge is 2.21. The fourth-order valence-corrected chi connectivity index (χ4v) is 2.80. The molecule has 5 N–H and O–H groups in total. The van der Waals surface area contributed by atoms with Gasteiger partial charge in [0.25, 0.3) is 5.69 Å². The van der Waals surface area contributed by atoms with E-state index < -0.39 is 41.3 Å². The molecule has 0 saturated carbocycles. The molecule has 0 saturated heterocycles. The molecule has 0 aliphatic heterocycles. The molecule has 0 heterocycles. The number of non-ortho nitro benzene ring substituents is 1. The van der Waals surface area contributed by atoms with Gasteiger partial charge in [0.05, 0.1) is 17.5 Å². The zero-order chi connectivity index (χ0) is 23.7. The van der Waals surface area contributed by atoms with Crippen LogP contribution in [-0.4, -0.2) is 51.5 Å². The molecule has 2 aromatic rings. The monoisotopic (exact) mass is 444 g/mol. The highest BCUT2D eigenvalue weighted by atomic mass is 16.6. The molecule has 32 heavy (non-hydrogen) atoms. The first-order valence-electron chi connectivity index (χ1n) is 9.71. The number of phenols is 1. The predicted molar refractivity (Wildman–Crippen MR) is 114 cm³/mol. The van der Waals surface area contributed by atoms with Crippen LogP contribution in [0.4, 0.5) is 5.69 Å². The number of hydrogen-bond acceptors (Lipinski definition) is 7. The first-order valence-corrected chi connectivity index (χ1v) is 9.71. The molecule has 2 rings (SSSR count). The number of nitro groups is 1. The molecule has 0 aliphatic carbocycles. The van der Waals surface area contributed by atoms with Gasteiger partial charge in [0.15, 0.2) is 0 Å². The lowest BCUT2D eigenvalue weighted by Crippen LogP contribution is -2.49. The van der Waals surface area contributed by atoms with Gasteiger partial charge in [-0.1, -0.05) is 30.3 Å². The molecule has 0 fully saturated rings. The van der Waals surface area contributed by atoms with Crippen LogP contribution in [0.25, 0.3) is 0 Å². The van der Waals surface area contributed by atoms with E-state index in [-0.39, 0.29) is 30.0 Å². The highest BCUT2D eigenvalue weighted by Crippen LogP contribution is 2.22. The van der Waals surface area contributed by atoms with Gasteiger partial charge in [-0.15, -0.1) is 0 Å². The Hall–Kier alpha value is -3.99. The van der Waals surface area contributed by atoms with Crippen molar-refractivity contribution in [3.63, 3.8) is 0 Å². The second-order valence-corrected chi connectivity index (χ2v) is 7.04. The number of benzene rings is 2. The Morgan fingerprint density at radius 1 is 1.12 bits per heavy atom. The van der Waals surface area contributed by atoms with Gasteiger partial charge < -0.3 is 26.2 Å². The number of aliphatic carboxylic acids is 1. The number of carbonyl (C=O) groups is 3. The van der Waals surface area contributed by atoms with Crippen LogP contribution < -0.4 is 16.0 Å². The SMILES string of the molecule is C[C@H](NCc1cc([N+](=O)[O-])ccc1O)C(=O)NCC(=O)N[C@@H](Cc1ccccc1)C(=O)O. The number of aromatic hydroxyl groups is 1. The van der Waals surface area contributed by atoms with Crippen molar-refractivity contribution >= 4 is 23.5 Å². The number of phenolic OH excluding ortho intramolecular Hbond substituents is 1. The minimum Gasteiger partial charge on any atom is -0.508 e. The fourth-order valence-electron chi connectivity index (χ4n) is 2.80. The van der Waals surface area contributed by atoms with Gasteiger partial charge in [-0.2, -0.15) is 0 Å². The average molecular weight is 444 g/mol. The Balaban J connectivity index is 1.83. The second kappa shape index (κ2) is 11.4. The van der Waals surface area contributed by atoms with E-state index in [1.165, 1.54) is 19.1 Å². The van der Waals surface area contributed by atoms with E-state index in [4.69, 9.17) is 0 Å². The number of nitro benzene ring substituents is 1. The predicted octanol–water partition coefficient (Wildman–Crippen LogP) is 0.707. The maximum atomic E-state index is 12.2. The van der Waals surface area contributed by atoms with Crippen LogP contribution in [-0.2, 0) is 27.3 Å². The minimum absolute atomic E-state index is 0.0214.